The minimum Gasteiger partial charge on any atom is -0.436 e. The van der Waals surface area contributed by atoms with E-state index in [0.717, 1.165) is 47.2 Å². The van der Waals surface area contributed by atoms with Gasteiger partial charge in [0.2, 0.25) is 0 Å². The van der Waals surface area contributed by atoms with E-state index in [-0.39, 0.29) is 0 Å². The van der Waals surface area contributed by atoms with Gasteiger partial charge in [-0.15, -0.1) is 0 Å². The Morgan fingerprint density at radius 2 is 2.12 bits per heavy atom. The molecule has 0 aliphatic carbocycles. The van der Waals surface area contributed by atoms with Crippen LogP contribution in [-0.4, -0.2) is 42.9 Å². The van der Waals surface area contributed by atoms with Crippen LogP contribution in [0.2, 0.25) is 0 Å². The van der Waals surface area contributed by atoms with Crippen molar-refractivity contribution in [2.75, 3.05) is 32.1 Å². The van der Waals surface area contributed by atoms with Gasteiger partial charge in [-0.25, -0.2) is 9.98 Å². The second-order valence-corrected chi connectivity index (χ2v) is 8.53. The van der Waals surface area contributed by atoms with Crippen molar-refractivity contribution in [3.05, 3.63) is 72.9 Å². The van der Waals surface area contributed by atoms with Crippen LogP contribution in [-0.2, 0) is 4.74 Å². The van der Waals surface area contributed by atoms with Crippen molar-refractivity contribution in [1.29, 1.82) is 0 Å². The SMILES string of the molecule is C=C/C=N\C(Oc1ccc(Nc2nc3ccccc3s2)cc1)=C(/N)N1CC[C@@H](COC)C1. The highest BCUT2D eigenvalue weighted by Crippen LogP contribution is 2.29. The number of aliphatic imine (C=N–C) groups is 1. The summed E-state index contributed by atoms with van der Waals surface area (Å²) in [7, 11) is 1.72. The summed E-state index contributed by atoms with van der Waals surface area (Å²) in [5, 5.41) is 4.19. The number of methoxy groups -OCH3 is 1. The third kappa shape index (κ3) is 5.27. The fraction of sp³-hybridized carbons (Fsp3) is 0.250. The molecule has 0 radical (unpaired) electrons. The lowest BCUT2D eigenvalue weighted by molar-refractivity contribution is 0.155. The number of benzene rings is 2. The lowest BCUT2D eigenvalue weighted by Gasteiger charge is -2.20. The van der Waals surface area contributed by atoms with Crippen LogP contribution < -0.4 is 15.8 Å². The maximum Gasteiger partial charge on any atom is 0.260 e. The lowest BCUT2D eigenvalue weighted by atomic mass is 10.1. The van der Waals surface area contributed by atoms with E-state index in [1.165, 1.54) is 0 Å². The normalized spacial score (nSPS) is 17.0. The van der Waals surface area contributed by atoms with Crippen LogP contribution in [0.15, 0.2) is 77.9 Å². The van der Waals surface area contributed by atoms with Gasteiger partial charge in [0, 0.05) is 38.0 Å². The third-order valence-corrected chi connectivity index (χ3v) is 6.11. The molecule has 0 saturated carbocycles. The molecule has 7 nitrogen and oxygen atoms in total. The van der Waals surface area contributed by atoms with Crippen molar-refractivity contribution < 1.29 is 9.47 Å². The largest absolute Gasteiger partial charge is 0.436 e. The fourth-order valence-corrected chi connectivity index (χ4v) is 4.48. The van der Waals surface area contributed by atoms with E-state index in [0.29, 0.717) is 23.4 Å². The first kappa shape index (κ1) is 21.9. The molecule has 2 aromatic carbocycles. The molecule has 0 unspecified atom stereocenters. The van der Waals surface area contributed by atoms with Gasteiger partial charge >= 0.3 is 0 Å². The van der Waals surface area contributed by atoms with Crippen LogP contribution in [0.5, 0.6) is 5.75 Å². The number of aromatic nitrogens is 1. The number of nitrogens with zero attached hydrogens (tertiary/aromatic N) is 3. The summed E-state index contributed by atoms with van der Waals surface area (Å²) in [4.78, 5) is 11.1. The van der Waals surface area contributed by atoms with Crippen LogP contribution in [0, 0.1) is 5.92 Å². The molecule has 1 fully saturated rings. The highest BCUT2D eigenvalue weighted by Gasteiger charge is 2.25. The van der Waals surface area contributed by atoms with Crippen LogP contribution in [0.25, 0.3) is 10.2 Å². The molecule has 0 spiro atoms. The Kier molecular flexibility index (Phi) is 7.03. The van der Waals surface area contributed by atoms with E-state index < -0.39 is 0 Å². The molecular formula is C24H27N5O2S. The second-order valence-electron chi connectivity index (χ2n) is 7.50. The molecule has 1 aliphatic heterocycles. The standard InChI is InChI=1S/C24H27N5O2S/c1-3-13-26-23(22(25)29-14-12-17(15-29)16-30-2)31-19-10-8-18(9-11-19)27-24-28-20-6-4-5-7-21(20)32-24/h3-11,13,17H,1,12,14-16,25H2,2H3,(H,27,28)/b23-22-,26-13-/t17-/m1/s1. The molecular weight excluding hydrogens is 422 g/mol. The van der Waals surface area contributed by atoms with Gasteiger partial charge in [0.15, 0.2) is 11.0 Å². The average molecular weight is 450 g/mol. The number of ether oxygens (including phenoxy) is 2. The van der Waals surface area contributed by atoms with E-state index in [2.05, 4.69) is 32.8 Å². The van der Waals surface area contributed by atoms with Gasteiger partial charge in [-0.2, -0.15) is 0 Å². The molecule has 2 heterocycles. The van der Waals surface area contributed by atoms with Crippen molar-refractivity contribution in [2.45, 2.75) is 6.42 Å². The minimum atomic E-state index is 0.356. The molecule has 32 heavy (non-hydrogen) atoms. The van der Waals surface area contributed by atoms with E-state index in [9.17, 15) is 0 Å². The Labute approximate surface area is 191 Å². The topological polar surface area (TPSA) is 85.0 Å². The summed E-state index contributed by atoms with van der Waals surface area (Å²) in [6.45, 7) is 6.08. The summed E-state index contributed by atoms with van der Waals surface area (Å²) in [6.07, 6.45) is 4.20. The van der Waals surface area contributed by atoms with Crippen molar-refractivity contribution in [1.82, 2.24) is 9.88 Å². The van der Waals surface area contributed by atoms with Gasteiger partial charge in [0.1, 0.15) is 5.75 Å². The van der Waals surface area contributed by atoms with E-state index in [1.54, 1.807) is 30.7 Å². The monoisotopic (exact) mass is 449 g/mol. The number of anilines is 2. The van der Waals surface area contributed by atoms with Crippen molar-refractivity contribution in [2.24, 2.45) is 16.6 Å². The zero-order valence-electron chi connectivity index (χ0n) is 18.0. The van der Waals surface area contributed by atoms with E-state index in [1.807, 2.05) is 42.5 Å². The molecule has 0 bridgehead atoms. The highest BCUT2D eigenvalue weighted by atomic mass is 32.1. The Hall–Kier alpha value is -3.36. The number of allylic oxidation sites excluding steroid dienone is 1. The van der Waals surface area contributed by atoms with Crippen LogP contribution >= 0.6 is 11.3 Å². The third-order valence-electron chi connectivity index (χ3n) is 5.16. The van der Waals surface area contributed by atoms with Crippen LogP contribution in [0.4, 0.5) is 10.8 Å². The number of thiazole rings is 1. The Morgan fingerprint density at radius 1 is 1.31 bits per heavy atom. The predicted octanol–water partition coefficient (Wildman–Crippen LogP) is 4.73. The zero-order chi connectivity index (χ0) is 22.3. The summed E-state index contributed by atoms with van der Waals surface area (Å²) < 4.78 is 12.5. The lowest BCUT2D eigenvalue weighted by Crippen LogP contribution is -2.28. The number of hydrogen-bond acceptors (Lipinski definition) is 8. The van der Waals surface area contributed by atoms with Crippen molar-refractivity contribution in [3.63, 3.8) is 0 Å². The van der Waals surface area contributed by atoms with Crippen LogP contribution in [0.1, 0.15) is 6.42 Å². The summed E-state index contributed by atoms with van der Waals surface area (Å²) >= 11 is 1.62. The van der Waals surface area contributed by atoms with Crippen molar-refractivity contribution in [3.8, 4) is 5.75 Å². The Balaban J connectivity index is 1.46. The summed E-state index contributed by atoms with van der Waals surface area (Å²) in [5.74, 6) is 1.97. The molecule has 3 N–H and O–H groups in total. The van der Waals surface area contributed by atoms with Gasteiger partial charge < -0.3 is 25.4 Å². The smallest absolute Gasteiger partial charge is 0.260 e. The maximum absolute atomic E-state index is 6.41. The maximum atomic E-state index is 6.41. The van der Waals surface area contributed by atoms with Crippen molar-refractivity contribution >= 4 is 38.6 Å². The first-order valence-electron chi connectivity index (χ1n) is 10.5. The number of fused-ring (bicyclic) bond motifs is 1. The molecule has 0 amide bonds. The number of nitrogens with two attached hydrogens (primary N) is 1. The molecule has 1 aromatic heterocycles. The molecule has 4 rings (SSSR count). The number of likely N-dealkylation sites (tertiary alicyclic amines) is 1. The molecule has 3 aromatic rings. The quantitative estimate of drug-likeness (QED) is 0.363. The van der Waals surface area contributed by atoms with Gasteiger partial charge in [-0.05, 0) is 42.8 Å². The van der Waals surface area contributed by atoms with Gasteiger partial charge in [-0.1, -0.05) is 36.1 Å². The highest BCUT2D eigenvalue weighted by molar-refractivity contribution is 7.22. The first-order valence-corrected chi connectivity index (χ1v) is 11.3. The predicted molar refractivity (Wildman–Crippen MR) is 131 cm³/mol. The second kappa shape index (κ2) is 10.3. The molecule has 1 atom stereocenters. The average Bonchev–Trinajstić information content (AvgIpc) is 3.44. The fourth-order valence-electron chi connectivity index (χ4n) is 3.59. The summed E-state index contributed by atoms with van der Waals surface area (Å²) in [5.41, 5.74) is 8.32. The number of nitrogens with one attached hydrogen (secondary N) is 1. The number of hydrogen-bond donors (Lipinski definition) is 2. The Morgan fingerprint density at radius 3 is 2.88 bits per heavy atom. The number of rotatable bonds is 9. The Bertz CT molecular complexity index is 1090. The van der Waals surface area contributed by atoms with Crippen LogP contribution in [0.3, 0.4) is 0 Å². The van der Waals surface area contributed by atoms with Gasteiger partial charge in [0.25, 0.3) is 5.88 Å². The van der Waals surface area contributed by atoms with Gasteiger partial charge in [-0.3, -0.25) is 0 Å². The first-order chi connectivity index (χ1) is 15.7. The zero-order valence-corrected chi connectivity index (χ0v) is 18.8. The molecule has 166 valence electrons. The minimum absolute atomic E-state index is 0.356. The molecule has 1 saturated heterocycles. The number of para-hydroxylation sites is 1. The summed E-state index contributed by atoms with van der Waals surface area (Å²) in [6, 6.07) is 15.7. The molecule has 8 heteroatoms. The van der Waals surface area contributed by atoms with Gasteiger partial charge in [0.05, 0.1) is 16.8 Å². The van der Waals surface area contributed by atoms with E-state index in [4.69, 9.17) is 15.2 Å². The molecule has 1 aliphatic rings. The van der Waals surface area contributed by atoms with E-state index >= 15 is 0 Å².